The highest BCUT2D eigenvalue weighted by Gasteiger charge is 2.26. The average molecular weight is 344 g/mol. The van der Waals surface area contributed by atoms with Gasteiger partial charge in [-0.25, -0.2) is 14.4 Å². The molecule has 0 radical (unpaired) electrons. The molecule has 1 N–H and O–H groups in total. The van der Waals surface area contributed by atoms with Crippen LogP contribution in [0.2, 0.25) is 0 Å². The van der Waals surface area contributed by atoms with Crippen LogP contribution in [-0.2, 0) is 19.1 Å². The monoisotopic (exact) mass is 344 g/mol. The maximum atomic E-state index is 11.6. The van der Waals surface area contributed by atoms with Crippen LogP contribution in [0.3, 0.4) is 0 Å². The van der Waals surface area contributed by atoms with Crippen LogP contribution < -0.4 is 0 Å². The van der Waals surface area contributed by atoms with Crippen molar-refractivity contribution in [1.82, 2.24) is 9.97 Å². The number of aromatic nitrogens is 2. The molecular weight excluding hydrogens is 332 g/mol. The Morgan fingerprint density at radius 3 is 1.92 bits per heavy atom. The third-order valence-electron chi connectivity index (χ3n) is 2.83. The molecule has 0 aromatic carbocycles. The third-order valence-corrected chi connectivity index (χ3v) is 2.83. The lowest BCUT2D eigenvalue weighted by atomic mass is 10.2. The van der Waals surface area contributed by atoms with Gasteiger partial charge in [0.15, 0.2) is 6.10 Å². The minimum Gasteiger partial charge on any atom is -0.389 e. The highest BCUT2D eigenvalue weighted by Crippen LogP contribution is 2.05. The standard InChI is InChI=1S/C16H12N2O7/c19-12(16(23)25-15(22)11-4-2-6-18-9-11)7-13(20)24-14(21)10-3-1-5-17-8-10/h1-6,8-9,12,19H,7H2. The second-order valence-corrected chi connectivity index (χ2v) is 4.67. The molecule has 1 atom stereocenters. The van der Waals surface area contributed by atoms with Crippen molar-refractivity contribution in [2.45, 2.75) is 12.5 Å². The largest absolute Gasteiger partial charge is 0.389 e. The van der Waals surface area contributed by atoms with Gasteiger partial charge in [0.1, 0.15) is 0 Å². The molecular formula is C16H12N2O7. The quantitative estimate of drug-likeness (QED) is 0.600. The second kappa shape index (κ2) is 8.41. The lowest BCUT2D eigenvalue weighted by molar-refractivity contribution is -0.153. The maximum Gasteiger partial charge on any atom is 0.347 e. The van der Waals surface area contributed by atoms with E-state index in [9.17, 15) is 24.3 Å². The SMILES string of the molecule is O=C(CC(O)C(=O)OC(=O)c1cccnc1)OC(=O)c1cccnc1. The Hall–Kier alpha value is -3.46. The van der Waals surface area contributed by atoms with Gasteiger partial charge in [-0.3, -0.25) is 14.8 Å². The molecule has 25 heavy (non-hydrogen) atoms. The summed E-state index contributed by atoms with van der Waals surface area (Å²) in [6.07, 6.45) is 2.39. The van der Waals surface area contributed by atoms with Crippen LogP contribution in [0, 0.1) is 0 Å². The molecule has 0 amide bonds. The van der Waals surface area contributed by atoms with Crippen LogP contribution in [0.4, 0.5) is 0 Å². The van der Waals surface area contributed by atoms with E-state index in [0.717, 1.165) is 0 Å². The zero-order valence-electron chi connectivity index (χ0n) is 12.7. The molecule has 9 heteroatoms. The summed E-state index contributed by atoms with van der Waals surface area (Å²) < 4.78 is 8.88. The van der Waals surface area contributed by atoms with E-state index in [0.29, 0.717) is 0 Å². The molecule has 2 aromatic heterocycles. The van der Waals surface area contributed by atoms with Gasteiger partial charge < -0.3 is 14.6 Å². The minimum absolute atomic E-state index is 0.00242. The van der Waals surface area contributed by atoms with Gasteiger partial charge in [-0.2, -0.15) is 0 Å². The Morgan fingerprint density at radius 1 is 0.920 bits per heavy atom. The van der Waals surface area contributed by atoms with Crippen LogP contribution in [-0.4, -0.2) is 45.1 Å². The number of pyridine rings is 2. The van der Waals surface area contributed by atoms with E-state index >= 15 is 0 Å². The number of rotatable bonds is 5. The Labute approximate surface area is 141 Å². The number of nitrogens with zero attached hydrogens (tertiary/aromatic N) is 2. The summed E-state index contributed by atoms with van der Waals surface area (Å²) in [4.78, 5) is 53.8. The zero-order valence-corrected chi connectivity index (χ0v) is 12.7. The molecule has 0 fully saturated rings. The Kier molecular flexibility index (Phi) is 6.02. The van der Waals surface area contributed by atoms with Gasteiger partial charge in [-0.05, 0) is 24.3 Å². The van der Waals surface area contributed by atoms with Crippen LogP contribution in [0.5, 0.6) is 0 Å². The summed E-state index contributed by atoms with van der Waals surface area (Å²) >= 11 is 0. The Bertz CT molecular complexity index is 778. The van der Waals surface area contributed by atoms with Crippen molar-refractivity contribution in [3.8, 4) is 0 Å². The predicted molar refractivity (Wildman–Crippen MR) is 79.9 cm³/mol. The third kappa shape index (κ3) is 5.29. The van der Waals surface area contributed by atoms with Gasteiger partial charge in [0, 0.05) is 24.8 Å². The molecule has 2 rings (SSSR count). The van der Waals surface area contributed by atoms with Crippen molar-refractivity contribution in [3.05, 3.63) is 60.2 Å². The zero-order chi connectivity index (χ0) is 18.2. The number of hydrogen-bond donors (Lipinski definition) is 1. The lowest BCUT2D eigenvalue weighted by Gasteiger charge is -2.09. The summed E-state index contributed by atoms with van der Waals surface area (Å²) in [5, 5.41) is 9.60. The molecule has 0 aliphatic rings. The Morgan fingerprint density at radius 2 is 1.44 bits per heavy atom. The van der Waals surface area contributed by atoms with Crippen molar-refractivity contribution in [3.63, 3.8) is 0 Å². The van der Waals surface area contributed by atoms with Crippen molar-refractivity contribution >= 4 is 23.9 Å². The number of aliphatic hydroxyl groups is 1. The van der Waals surface area contributed by atoms with Crippen molar-refractivity contribution in [2.75, 3.05) is 0 Å². The number of carbonyl (C=O) groups excluding carboxylic acids is 4. The van der Waals surface area contributed by atoms with Crippen LogP contribution in [0.25, 0.3) is 0 Å². The molecule has 0 saturated heterocycles. The van der Waals surface area contributed by atoms with Gasteiger partial charge in [-0.1, -0.05) is 0 Å². The van der Waals surface area contributed by atoms with E-state index in [4.69, 9.17) is 0 Å². The fourth-order valence-corrected chi connectivity index (χ4v) is 1.63. The summed E-state index contributed by atoms with van der Waals surface area (Å²) in [7, 11) is 0. The molecule has 0 aliphatic carbocycles. The first-order valence-corrected chi connectivity index (χ1v) is 6.96. The molecule has 0 saturated carbocycles. The molecule has 0 bridgehead atoms. The molecule has 128 valence electrons. The van der Waals surface area contributed by atoms with E-state index in [-0.39, 0.29) is 11.1 Å². The van der Waals surface area contributed by atoms with Crippen molar-refractivity contribution in [1.29, 1.82) is 0 Å². The average Bonchev–Trinajstić information content (AvgIpc) is 2.62. The highest BCUT2D eigenvalue weighted by molar-refractivity contribution is 6.00. The molecule has 0 spiro atoms. The number of esters is 4. The smallest absolute Gasteiger partial charge is 0.347 e. The predicted octanol–water partition coefficient (Wildman–Crippen LogP) is 0.295. The summed E-state index contributed by atoms with van der Waals surface area (Å²) in [6, 6.07) is 5.66. The van der Waals surface area contributed by atoms with E-state index in [1.54, 1.807) is 0 Å². The minimum atomic E-state index is -1.96. The molecule has 1 unspecified atom stereocenters. The summed E-state index contributed by atoms with van der Waals surface area (Å²) in [5.41, 5.74) is 0.0250. The summed E-state index contributed by atoms with van der Waals surface area (Å²) in [5.74, 6) is -4.52. The molecule has 0 aliphatic heterocycles. The van der Waals surface area contributed by atoms with E-state index < -0.39 is 36.4 Å². The van der Waals surface area contributed by atoms with Crippen LogP contribution >= 0.6 is 0 Å². The second-order valence-electron chi connectivity index (χ2n) is 4.67. The fraction of sp³-hybridized carbons (Fsp3) is 0.125. The molecule has 9 nitrogen and oxygen atoms in total. The molecule has 2 heterocycles. The Balaban J connectivity index is 1.85. The highest BCUT2D eigenvalue weighted by atomic mass is 16.6. The number of ether oxygens (including phenoxy) is 2. The van der Waals surface area contributed by atoms with Gasteiger partial charge >= 0.3 is 23.9 Å². The maximum absolute atomic E-state index is 11.6. The van der Waals surface area contributed by atoms with Crippen molar-refractivity contribution in [2.24, 2.45) is 0 Å². The van der Waals surface area contributed by atoms with Crippen molar-refractivity contribution < 1.29 is 33.8 Å². The first-order chi connectivity index (χ1) is 12.0. The summed E-state index contributed by atoms with van der Waals surface area (Å²) in [6.45, 7) is 0. The van der Waals surface area contributed by atoms with Gasteiger partial charge in [-0.15, -0.1) is 0 Å². The molecule has 2 aromatic rings. The van der Waals surface area contributed by atoms with E-state index in [2.05, 4.69) is 19.4 Å². The lowest BCUT2D eigenvalue weighted by Crippen LogP contribution is -2.29. The number of hydrogen-bond acceptors (Lipinski definition) is 9. The fourth-order valence-electron chi connectivity index (χ4n) is 1.63. The topological polar surface area (TPSA) is 133 Å². The van der Waals surface area contributed by atoms with E-state index in [1.165, 1.54) is 49.1 Å². The van der Waals surface area contributed by atoms with Gasteiger partial charge in [0.2, 0.25) is 0 Å². The first-order valence-electron chi connectivity index (χ1n) is 6.96. The normalized spacial score (nSPS) is 11.2. The number of carbonyl (C=O) groups is 4. The van der Waals surface area contributed by atoms with Gasteiger partial charge in [0.25, 0.3) is 0 Å². The van der Waals surface area contributed by atoms with Gasteiger partial charge in [0.05, 0.1) is 17.5 Å². The van der Waals surface area contributed by atoms with Crippen LogP contribution in [0.1, 0.15) is 27.1 Å². The number of aliphatic hydroxyl groups excluding tert-OH is 1. The van der Waals surface area contributed by atoms with E-state index in [1.807, 2.05) is 0 Å². The van der Waals surface area contributed by atoms with Crippen LogP contribution in [0.15, 0.2) is 49.1 Å². The first kappa shape index (κ1) is 17.9.